The molecule has 4 rings (SSSR count). The second kappa shape index (κ2) is 5.83. The van der Waals surface area contributed by atoms with Crippen molar-refractivity contribution in [3.63, 3.8) is 0 Å². The normalized spacial score (nSPS) is 10.9. The first-order chi connectivity index (χ1) is 12.1. The van der Waals surface area contributed by atoms with Gasteiger partial charge < -0.3 is 5.73 Å². The third-order valence-corrected chi connectivity index (χ3v) is 4.06. The smallest absolute Gasteiger partial charge is 0.251 e. The second-order valence-corrected chi connectivity index (χ2v) is 5.63. The van der Waals surface area contributed by atoms with Crippen LogP contribution in [0.4, 0.5) is 4.39 Å². The minimum atomic E-state index is -0.809. The fourth-order valence-electron chi connectivity index (χ4n) is 2.84. The van der Waals surface area contributed by atoms with Gasteiger partial charge in [0.1, 0.15) is 5.82 Å². The van der Waals surface area contributed by atoms with Gasteiger partial charge in [-0.15, -0.1) is 0 Å². The number of H-pyrrole nitrogens is 1. The fourth-order valence-corrected chi connectivity index (χ4v) is 2.84. The van der Waals surface area contributed by atoms with E-state index in [9.17, 15) is 9.18 Å². The summed E-state index contributed by atoms with van der Waals surface area (Å²) in [5.41, 5.74) is 9.12. The Morgan fingerprint density at radius 3 is 2.76 bits per heavy atom. The number of hydrogen-bond donors (Lipinski definition) is 2. The van der Waals surface area contributed by atoms with Crippen molar-refractivity contribution < 1.29 is 9.18 Å². The maximum absolute atomic E-state index is 13.8. The summed E-state index contributed by atoms with van der Waals surface area (Å²) in [7, 11) is 0. The van der Waals surface area contributed by atoms with Gasteiger partial charge in [-0.05, 0) is 42.0 Å². The van der Waals surface area contributed by atoms with E-state index >= 15 is 0 Å². The molecular formula is C19H13FN4O. The molecule has 6 heteroatoms. The molecular weight excluding hydrogens is 319 g/mol. The van der Waals surface area contributed by atoms with Crippen LogP contribution in [0.15, 0.2) is 60.9 Å². The molecule has 0 saturated carbocycles. The number of amides is 1. The Morgan fingerprint density at radius 1 is 1.08 bits per heavy atom. The number of aromatic amines is 1. The highest BCUT2D eigenvalue weighted by molar-refractivity contribution is 5.95. The van der Waals surface area contributed by atoms with Crippen LogP contribution in [-0.4, -0.2) is 21.1 Å². The van der Waals surface area contributed by atoms with Gasteiger partial charge >= 0.3 is 0 Å². The number of fused-ring (bicyclic) bond motifs is 1. The van der Waals surface area contributed by atoms with Crippen molar-refractivity contribution in [1.29, 1.82) is 0 Å². The van der Waals surface area contributed by atoms with Crippen LogP contribution in [0.2, 0.25) is 0 Å². The molecule has 0 bridgehead atoms. The SMILES string of the molecule is NC(=O)c1cc(-c2ncccc2-c2ccc3[nH]ncc3c2)ccc1F. The molecule has 0 fully saturated rings. The zero-order chi connectivity index (χ0) is 17.4. The van der Waals surface area contributed by atoms with Crippen molar-refractivity contribution >= 4 is 16.8 Å². The molecule has 0 unspecified atom stereocenters. The number of pyridine rings is 1. The van der Waals surface area contributed by atoms with Gasteiger partial charge in [0.15, 0.2) is 0 Å². The monoisotopic (exact) mass is 332 g/mol. The number of nitrogens with zero attached hydrogens (tertiary/aromatic N) is 2. The standard InChI is InChI=1S/C19H13FN4O/c20-16-5-3-12(9-15(16)19(21)25)18-14(2-1-7-22-18)11-4-6-17-13(8-11)10-23-24-17/h1-10H,(H2,21,25)(H,23,24). The Labute approximate surface area is 142 Å². The number of primary amides is 1. The lowest BCUT2D eigenvalue weighted by Gasteiger charge is -2.10. The van der Waals surface area contributed by atoms with Crippen molar-refractivity contribution in [3.8, 4) is 22.4 Å². The van der Waals surface area contributed by atoms with Gasteiger partial charge in [-0.3, -0.25) is 14.9 Å². The summed E-state index contributed by atoms with van der Waals surface area (Å²) in [6.07, 6.45) is 3.40. The average molecular weight is 332 g/mol. The van der Waals surface area contributed by atoms with Gasteiger partial charge in [0.25, 0.3) is 5.91 Å². The molecule has 5 nitrogen and oxygen atoms in total. The van der Waals surface area contributed by atoms with E-state index in [-0.39, 0.29) is 5.56 Å². The Morgan fingerprint density at radius 2 is 1.92 bits per heavy atom. The lowest BCUT2D eigenvalue weighted by atomic mass is 9.97. The predicted octanol–water partition coefficient (Wildman–Crippen LogP) is 3.53. The summed E-state index contributed by atoms with van der Waals surface area (Å²) in [6.45, 7) is 0. The zero-order valence-corrected chi connectivity index (χ0v) is 13.0. The fraction of sp³-hybridized carbons (Fsp3) is 0. The van der Waals surface area contributed by atoms with Gasteiger partial charge in [-0.2, -0.15) is 5.10 Å². The molecule has 1 amide bonds. The lowest BCUT2D eigenvalue weighted by Crippen LogP contribution is -2.13. The molecule has 2 aromatic carbocycles. The van der Waals surface area contributed by atoms with E-state index in [1.165, 1.54) is 12.1 Å². The lowest BCUT2D eigenvalue weighted by molar-refractivity contribution is 0.0996. The van der Waals surface area contributed by atoms with Crippen LogP contribution < -0.4 is 5.73 Å². The number of carbonyl (C=O) groups excluding carboxylic acids is 1. The number of aromatic nitrogens is 3. The molecule has 4 aromatic rings. The molecule has 2 heterocycles. The first kappa shape index (κ1) is 15.0. The van der Waals surface area contributed by atoms with Gasteiger partial charge in [0, 0.05) is 22.7 Å². The van der Waals surface area contributed by atoms with E-state index in [4.69, 9.17) is 5.73 Å². The van der Waals surface area contributed by atoms with Crippen molar-refractivity contribution in [2.24, 2.45) is 5.73 Å². The highest BCUT2D eigenvalue weighted by Crippen LogP contribution is 2.32. The van der Waals surface area contributed by atoms with Crippen LogP contribution in [-0.2, 0) is 0 Å². The van der Waals surface area contributed by atoms with Crippen LogP contribution in [0.5, 0.6) is 0 Å². The maximum Gasteiger partial charge on any atom is 0.251 e. The number of halogens is 1. The summed E-state index contributed by atoms with van der Waals surface area (Å²) in [6, 6.07) is 13.9. The number of hydrogen-bond acceptors (Lipinski definition) is 3. The molecule has 0 aliphatic rings. The van der Waals surface area contributed by atoms with Crippen LogP contribution in [0.1, 0.15) is 10.4 Å². The van der Waals surface area contributed by atoms with E-state index < -0.39 is 11.7 Å². The Balaban J connectivity index is 1.90. The number of benzene rings is 2. The molecule has 3 N–H and O–H groups in total. The van der Waals surface area contributed by atoms with Gasteiger partial charge in [-0.25, -0.2) is 4.39 Å². The highest BCUT2D eigenvalue weighted by Gasteiger charge is 2.14. The summed E-state index contributed by atoms with van der Waals surface area (Å²) >= 11 is 0. The van der Waals surface area contributed by atoms with E-state index in [0.29, 0.717) is 11.3 Å². The minimum Gasteiger partial charge on any atom is -0.366 e. The number of nitrogens with one attached hydrogen (secondary N) is 1. The number of carbonyl (C=O) groups is 1. The summed E-state index contributed by atoms with van der Waals surface area (Å²) < 4.78 is 13.8. The highest BCUT2D eigenvalue weighted by atomic mass is 19.1. The number of nitrogens with two attached hydrogens (primary N) is 1. The van der Waals surface area contributed by atoms with Crippen LogP contribution in [0, 0.1) is 5.82 Å². The van der Waals surface area contributed by atoms with Crippen molar-refractivity contribution in [3.05, 3.63) is 72.3 Å². The molecule has 0 saturated heterocycles. The summed E-state index contributed by atoms with van der Waals surface area (Å²) in [5, 5.41) is 7.91. The molecule has 0 spiro atoms. The van der Waals surface area contributed by atoms with Crippen molar-refractivity contribution in [2.45, 2.75) is 0 Å². The van der Waals surface area contributed by atoms with E-state index in [2.05, 4.69) is 15.2 Å². The van der Waals surface area contributed by atoms with Crippen molar-refractivity contribution in [1.82, 2.24) is 15.2 Å². The largest absolute Gasteiger partial charge is 0.366 e. The predicted molar refractivity (Wildman–Crippen MR) is 93.2 cm³/mol. The second-order valence-electron chi connectivity index (χ2n) is 5.63. The summed E-state index contributed by atoms with van der Waals surface area (Å²) in [4.78, 5) is 15.9. The van der Waals surface area contributed by atoms with E-state index in [1.807, 2.05) is 30.3 Å². The zero-order valence-electron chi connectivity index (χ0n) is 13.0. The third-order valence-electron chi connectivity index (χ3n) is 4.06. The molecule has 0 aliphatic heterocycles. The Bertz CT molecular complexity index is 1100. The van der Waals surface area contributed by atoms with Crippen LogP contribution in [0.25, 0.3) is 33.3 Å². The molecule has 0 radical (unpaired) electrons. The van der Waals surface area contributed by atoms with Crippen molar-refractivity contribution in [2.75, 3.05) is 0 Å². The maximum atomic E-state index is 13.8. The topological polar surface area (TPSA) is 84.7 Å². The van der Waals surface area contributed by atoms with Gasteiger partial charge in [0.2, 0.25) is 0 Å². The quantitative estimate of drug-likeness (QED) is 0.602. The third kappa shape index (κ3) is 2.63. The molecule has 0 atom stereocenters. The first-order valence-electron chi connectivity index (χ1n) is 7.62. The Kier molecular flexibility index (Phi) is 3.50. The molecule has 25 heavy (non-hydrogen) atoms. The molecule has 0 aliphatic carbocycles. The summed E-state index contributed by atoms with van der Waals surface area (Å²) in [5.74, 6) is -1.45. The number of rotatable bonds is 3. The van der Waals surface area contributed by atoms with Gasteiger partial charge in [-0.1, -0.05) is 12.1 Å². The Hall–Kier alpha value is -3.54. The molecule has 2 aromatic heterocycles. The van der Waals surface area contributed by atoms with E-state index in [0.717, 1.165) is 22.0 Å². The van der Waals surface area contributed by atoms with Crippen LogP contribution in [0.3, 0.4) is 0 Å². The first-order valence-corrected chi connectivity index (χ1v) is 7.62. The molecule has 122 valence electrons. The average Bonchev–Trinajstić information content (AvgIpc) is 3.09. The van der Waals surface area contributed by atoms with Crippen LogP contribution >= 0.6 is 0 Å². The van der Waals surface area contributed by atoms with Gasteiger partial charge in [0.05, 0.1) is 23.0 Å². The van der Waals surface area contributed by atoms with E-state index in [1.54, 1.807) is 18.5 Å². The minimum absolute atomic E-state index is 0.153.